The first-order valence-corrected chi connectivity index (χ1v) is 22.5. The molecule has 0 saturated carbocycles. The number of aryl methyl sites for hydroxylation is 4. The minimum atomic E-state index is 0.624. The molecule has 0 spiro atoms. The van der Waals surface area contributed by atoms with Crippen LogP contribution in [0.25, 0.3) is 78.3 Å². The number of aromatic nitrogens is 3. The summed E-state index contributed by atoms with van der Waals surface area (Å²) in [7, 11) is 0. The summed E-state index contributed by atoms with van der Waals surface area (Å²) in [6, 6.07) is 77.2. The van der Waals surface area contributed by atoms with Crippen LogP contribution in [0.3, 0.4) is 0 Å². The molecular weight excluding hydrogens is 801 g/mol. The summed E-state index contributed by atoms with van der Waals surface area (Å²) in [5.74, 6) is 0. The Morgan fingerprint density at radius 2 is 0.742 bits per heavy atom. The molecule has 4 heteroatoms. The lowest BCUT2D eigenvalue weighted by molar-refractivity contribution is 0.931. The van der Waals surface area contributed by atoms with Crippen molar-refractivity contribution in [3.05, 3.63) is 259 Å². The maximum absolute atomic E-state index is 10.7. The zero-order chi connectivity index (χ0) is 44.5. The van der Waals surface area contributed by atoms with Crippen molar-refractivity contribution in [1.29, 1.82) is 5.26 Å². The number of hydrogen-bond acceptors (Lipinski definition) is 4. The van der Waals surface area contributed by atoms with Gasteiger partial charge in [-0.2, -0.15) is 5.26 Å². The van der Waals surface area contributed by atoms with Crippen LogP contribution in [-0.4, -0.2) is 15.0 Å². The summed E-state index contributed by atoms with van der Waals surface area (Å²) < 4.78 is 0. The summed E-state index contributed by atoms with van der Waals surface area (Å²) >= 11 is 0. The van der Waals surface area contributed by atoms with E-state index in [9.17, 15) is 5.26 Å². The predicted octanol–water partition coefficient (Wildman–Crippen LogP) is 15.0. The van der Waals surface area contributed by atoms with Crippen LogP contribution >= 0.6 is 0 Å². The van der Waals surface area contributed by atoms with Crippen LogP contribution < -0.4 is 0 Å². The van der Waals surface area contributed by atoms with Gasteiger partial charge >= 0.3 is 0 Å². The molecule has 0 aliphatic rings. The minimum Gasteiger partial charge on any atom is -0.256 e. The standard InChI is InChI=1S/C62H46N4/c63-43-54-41-51(48-12-2-1-3-13-48)31-33-56(54)59-42-52(62-18-8-11-37-66-62)32-34-58(59)57-15-5-4-14-55(57)53-39-46(21-19-44-23-27-49(28-24-44)60-16-6-9-35-64-60)38-47(40-53)22-20-45-25-29-50(30-26-45)61-17-7-10-36-65-61/h1-18,23-42H,19-22H2. The van der Waals surface area contributed by atoms with Crippen molar-refractivity contribution in [2.75, 3.05) is 0 Å². The van der Waals surface area contributed by atoms with Gasteiger partial charge in [0.1, 0.15) is 0 Å². The van der Waals surface area contributed by atoms with Crippen molar-refractivity contribution < 1.29 is 0 Å². The topological polar surface area (TPSA) is 62.5 Å². The Bertz CT molecular complexity index is 3160. The van der Waals surface area contributed by atoms with Gasteiger partial charge in [-0.15, -0.1) is 0 Å². The summed E-state index contributed by atoms with van der Waals surface area (Å²) in [6.45, 7) is 0. The average Bonchev–Trinajstić information content (AvgIpc) is 3.40. The number of nitrogens with zero attached hydrogens (tertiary/aromatic N) is 4. The van der Waals surface area contributed by atoms with Crippen molar-refractivity contribution in [3.63, 3.8) is 0 Å². The molecule has 10 rings (SSSR count). The predicted molar refractivity (Wildman–Crippen MR) is 270 cm³/mol. The summed E-state index contributed by atoms with van der Waals surface area (Å²) in [4.78, 5) is 13.8. The van der Waals surface area contributed by atoms with Crippen LogP contribution in [-0.2, 0) is 25.7 Å². The molecule has 7 aromatic carbocycles. The summed E-state index contributed by atoms with van der Waals surface area (Å²) in [5, 5.41) is 10.7. The lowest BCUT2D eigenvalue weighted by atomic mass is 9.85. The van der Waals surface area contributed by atoms with Gasteiger partial charge in [0, 0.05) is 40.8 Å². The van der Waals surface area contributed by atoms with E-state index in [0.29, 0.717) is 5.56 Å². The Balaban J connectivity index is 1.04. The van der Waals surface area contributed by atoms with Crippen LogP contribution in [0.5, 0.6) is 0 Å². The molecule has 0 N–H and O–H groups in total. The Morgan fingerprint density at radius 3 is 1.29 bits per heavy atom. The molecule has 66 heavy (non-hydrogen) atoms. The smallest absolute Gasteiger partial charge is 0.0998 e. The van der Waals surface area contributed by atoms with E-state index in [-0.39, 0.29) is 0 Å². The van der Waals surface area contributed by atoms with E-state index in [1.54, 1.807) is 0 Å². The quantitative estimate of drug-likeness (QED) is 0.116. The maximum atomic E-state index is 10.7. The molecule has 3 aromatic heterocycles. The monoisotopic (exact) mass is 846 g/mol. The third-order valence-electron chi connectivity index (χ3n) is 12.3. The van der Waals surface area contributed by atoms with Crippen LogP contribution in [0, 0.1) is 11.3 Å². The molecule has 0 saturated heterocycles. The second-order valence-corrected chi connectivity index (χ2v) is 16.6. The van der Waals surface area contributed by atoms with Gasteiger partial charge < -0.3 is 0 Å². The fourth-order valence-electron chi connectivity index (χ4n) is 8.88. The van der Waals surface area contributed by atoms with E-state index >= 15 is 0 Å². The van der Waals surface area contributed by atoms with Crippen molar-refractivity contribution in [2.24, 2.45) is 0 Å². The minimum absolute atomic E-state index is 0.624. The molecule has 0 atom stereocenters. The molecule has 0 radical (unpaired) electrons. The number of rotatable bonds is 13. The fraction of sp³-hybridized carbons (Fsp3) is 0.0645. The first-order chi connectivity index (χ1) is 32.6. The lowest BCUT2D eigenvalue weighted by Gasteiger charge is -2.18. The molecule has 4 nitrogen and oxygen atoms in total. The van der Waals surface area contributed by atoms with E-state index in [4.69, 9.17) is 4.98 Å². The van der Waals surface area contributed by atoms with Crippen molar-refractivity contribution >= 4 is 0 Å². The summed E-state index contributed by atoms with van der Waals surface area (Å²) in [6.07, 6.45) is 9.13. The second kappa shape index (κ2) is 19.5. The molecule has 0 fully saturated rings. The first-order valence-electron chi connectivity index (χ1n) is 22.5. The highest BCUT2D eigenvalue weighted by Crippen LogP contribution is 2.42. The highest BCUT2D eigenvalue weighted by Gasteiger charge is 2.18. The molecule has 0 aliphatic carbocycles. The van der Waals surface area contributed by atoms with Gasteiger partial charge in [0.15, 0.2) is 0 Å². The average molecular weight is 847 g/mol. The molecule has 314 valence electrons. The van der Waals surface area contributed by atoms with E-state index in [2.05, 4.69) is 162 Å². The Morgan fingerprint density at radius 1 is 0.288 bits per heavy atom. The van der Waals surface area contributed by atoms with Gasteiger partial charge in [0.05, 0.1) is 28.7 Å². The summed E-state index contributed by atoms with van der Waals surface area (Å²) in [5.41, 5.74) is 20.3. The van der Waals surface area contributed by atoms with E-state index < -0.39 is 0 Å². The molecule has 0 bridgehead atoms. The van der Waals surface area contributed by atoms with Crippen molar-refractivity contribution in [1.82, 2.24) is 15.0 Å². The van der Waals surface area contributed by atoms with Crippen LogP contribution in [0.4, 0.5) is 0 Å². The maximum Gasteiger partial charge on any atom is 0.0998 e. The second-order valence-electron chi connectivity index (χ2n) is 16.6. The normalized spacial score (nSPS) is 11.0. The van der Waals surface area contributed by atoms with E-state index in [0.717, 1.165) is 98.4 Å². The van der Waals surface area contributed by atoms with Gasteiger partial charge in [-0.05, 0) is 135 Å². The molecule has 0 unspecified atom stereocenters. The Hall–Kier alpha value is -8.52. The number of pyridine rings is 3. The fourth-order valence-corrected chi connectivity index (χ4v) is 8.88. The van der Waals surface area contributed by atoms with Crippen molar-refractivity contribution in [3.8, 4) is 84.3 Å². The van der Waals surface area contributed by atoms with Gasteiger partial charge in [0.2, 0.25) is 0 Å². The molecule has 10 aromatic rings. The largest absolute Gasteiger partial charge is 0.256 e. The number of hydrogen-bond donors (Lipinski definition) is 0. The van der Waals surface area contributed by atoms with Crippen LogP contribution in [0.15, 0.2) is 231 Å². The SMILES string of the molecule is N#Cc1cc(-c2ccccc2)ccc1-c1cc(-c2ccccn2)ccc1-c1ccccc1-c1cc(CCc2ccc(-c3ccccn3)cc2)cc(CCc2ccc(-c3ccccn3)cc2)c1. The third-order valence-corrected chi connectivity index (χ3v) is 12.3. The highest BCUT2D eigenvalue weighted by atomic mass is 14.7. The van der Waals surface area contributed by atoms with Gasteiger partial charge in [-0.3, -0.25) is 15.0 Å². The first kappa shape index (κ1) is 41.5. The van der Waals surface area contributed by atoms with Crippen molar-refractivity contribution in [2.45, 2.75) is 25.7 Å². The molecule has 0 amide bonds. The van der Waals surface area contributed by atoms with Gasteiger partial charge in [-0.1, -0.05) is 164 Å². The van der Waals surface area contributed by atoms with Crippen LogP contribution in [0.1, 0.15) is 27.8 Å². The third kappa shape index (κ3) is 9.38. The molecular formula is C62H46N4. The Labute approximate surface area is 387 Å². The molecule has 3 heterocycles. The van der Waals surface area contributed by atoms with Gasteiger partial charge in [-0.25, -0.2) is 0 Å². The van der Waals surface area contributed by atoms with E-state index in [1.165, 1.54) is 27.8 Å². The zero-order valence-electron chi connectivity index (χ0n) is 36.6. The van der Waals surface area contributed by atoms with Crippen LogP contribution in [0.2, 0.25) is 0 Å². The highest BCUT2D eigenvalue weighted by molar-refractivity contribution is 5.95. The number of benzene rings is 7. The van der Waals surface area contributed by atoms with E-state index in [1.807, 2.05) is 85.3 Å². The lowest BCUT2D eigenvalue weighted by Crippen LogP contribution is -1.98. The zero-order valence-corrected chi connectivity index (χ0v) is 36.6. The Kier molecular flexibility index (Phi) is 12.2. The van der Waals surface area contributed by atoms with Gasteiger partial charge in [0.25, 0.3) is 0 Å². The number of nitriles is 1. The molecule has 0 aliphatic heterocycles.